The molecule has 0 spiro atoms. The molecule has 0 radical (unpaired) electrons. The van der Waals surface area contributed by atoms with Crippen molar-refractivity contribution in [3.05, 3.63) is 24.3 Å². The second-order valence-electron chi connectivity index (χ2n) is 5.78. The van der Waals surface area contributed by atoms with Crippen molar-refractivity contribution in [1.82, 2.24) is 0 Å². The summed E-state index contributed by atoms with van der Waals surface area (Å²) in [4.78, 5) is 11.6. The third-order valence-electron chi connectivity index (χ3n) is 3.90. The van der Waals surface area contributed by atoms with Crippen LogP contribution in [0.2, 0.25) is 0 Å². The number of hydrogen-bond donors (Lipinski definition) is 0. The number of rotatable bonds is 4. The van der Waals surface area contributed by atoms with Crippen molar-refractivity contribution in [2.75, 3.05) is 6.61 Å². The monoisotopic (exact) mass is 234 g/mol. The molecule has 94 valence electrons. The molecule has 17 heavy (non-hydrogen) atoms. The van der Waals surface area contributed by atoms with Crippen LogP contribution in [-0.4, -0.2) is 12.6 Å². The van der Waals surface area contributed by atoms with E-state index < -0.39 is 0 Å². The van der Waals surface area contributed by atoms with E-state index in [-0.39, 0.29) is 5.97 Å². The molecule has 2 rings (SSSR count). The molecule has 0 aliphatic heterocycles. The average molecular weight is 234 g/mol. The number of ether oxygens (including phenoxy) is 1. The molecule has 2 aliphatic carbocycles. The summed E-state index contributed by atoms with van der Waals surface area (Å²) in [6.45, 7) is 8.48. The number of carbonyl (C=O) groups is 1. The molecule has 2 nitrogen and oxygen atoms in total. The summed E-state index contributed by atoms with van der Waals surface area (Å²) in [7, 11) is 0. The Morgan fingerprint density at radius 3 is 2.94 bits per heavy atom. The second-order valence-corrected chi connectivity index (χ2v) is 5.78. The molecular formula is C15H22O2. The van der Waals surface area contributed by atoms with Crippen LogP contribution in [0.25, 0.3) is 0 Å². The molecule has 0 amide bonds. The van der Waals surface area contributed by atoms with Crippen molar-refractivity contribution in [1.29, 1.82) is 0 Å². The lowest BCUT2D eigenvalue weighted by molar-refractivity contribution is -0.138. The Morgan fingerprint density at radius 1 is 1.53 bits per heavy atom. The van der Waals surface area contributed by atoms with E-state index in [4.69, 9.17) is 4.74 Å². The fourth-order valence-electron chi connectivity index (χ4n) is 2.94. The highest BCUT2D eigenvalue weighted by atomic mass is 16.5. The van der Waals surface area contributed by atoms with E-state index >= 15 is 0 Å². The summed E-state index contributed by atoms with van der Waals surface area (Å²) in [5.41, 5.74) is 1.30. The van der Waals surface area contributed by atoms with E-state index in [1.807, 2.05) is 13.8 Å². The maximum atomic E-state index is 11.6. The van der Waals surface area contributed by atoms with Crippen LogP contribution in [-0.2, 0) is 9.53 Å². The van der Waals surface area contributed by atoms with Gasteiger partial charge in [0, 0.05) is 6.08 Å². The van der Waals surface area contributed by atoms with Gasteiger partial charge < -0.3 is 4.74 Å². The first-order chi connectivity index (χ1) is 8.10. The predicted octanol–water partition coefficient (Wildman–Crippen LogP) is 3.34. The summed E-state index contributed by atoms with van der Waals surface area (Å²) >= 11 is 0. The number of fused-ring (bicyclic) bond motifs is 1. The third kappa shape index (κ3) is 2.80. The molecule has 3 atom stereocenters. The van der Waals surface area contributed by atoms with Gasteiger partial charge in [0.2, 0.25) is 0 Å². The zero-order chi connectivity index (χ0) is 12.4. The Morgan fingerprint density at radius 2 is 2.29 bits per heavy atom. The summed E-state index contributed by atoms with van der Waals surface area (Å²) in [5.74, 6) is 2.33. The first kappa shape index (κ1) is 12.4. The van der Waals surface area contributed by atoms with E-state index in [1.54, 1.807) is 6.08 Å². The Balaban J connectivity index is 1.84. The van der Waals surface area contributed by atoms with Gasteiger partial charge in [-0.25, -0.2) is 4.79 Å². The highest BCUT2D eigenvalue weighted by molar-refractivity contribution is 5.83. The summed E-state index contributed by atoms with van der Waals surface area (Å²) in [5, 5.41) is 0. The first-order valence-corrected chi connectivity index (χ1v) is 6.60. The van der Waals surface area contributed by atoms with Gasteiger partial charge >= 0.3 is 5.97 Å². The molecule has 2 fully saturated rings. The maximum absolute atomic E-state index is 11.6. The minimum Gasteiger partial charge on any atom is -0.462 e. The number of hydrogen-bond acceptors (Lipinski definition) is 2. The lowest BCUT2D eigenvalue weighted by Crippen LogP contribution is -2.24. The fraction of sp³-hybridized carbons (Fsp3) is 0.667. The van der Waals surface area contributed by atoms with Gasteiger partial charge in [-0.2, -0.15) is 0 Å². The van der Waals surface area contributed by atoms with Crippen molar-refractivity contribution < 1.29 is 9.53 Å². The van der Waals surface area contributed by atoms with E-state index in [0.717, 1.165) is 12.3 Å². The molecule has 2 heteroatoms. The molecule has 0 unspecified atom stereocenters. The smallest absolute Gasteiger partial charge is 0.330 e. The quantitative estimate of drug-likeness (QED) is 0.423. The lowest BCUT2D eigenvalue weighted by atomic mass is 9.71. The van der Waals surface area contributed by atoms with E-state index in [9.17, 15) is 4.79 Å². The van der Waals surface area contributed by atoms with Gasteiger partial charge in [-0.05, 0) is 42.9 Å². The van der Waals surface area contributed by atoms with Gasteiger partial charge in [0.05, 0.1) is 6.61 Å². The average Bonchev–Trinajstić information content (AvgIpc) is 2.60. The van der Waals surface area contributed by atoms with Crippen molar-refractivity contribution in [2.24, 2.45) is 23.7 Å². The molecular weight excluding hydrogens is 212 g/mol. The van der Waals surface area contributed by atoms with Gasteiger partial charge in [-0.3, -0.25) is 0 Å². The third-order valence-corrected chi connectivity index (χ3v) is 3.90. The number of esters is 1. The zero-order valence-electron chi connectivity index (χ0n) is 10.8. The summed E-state index contributed by atoms with van der Waals surface area (Å²) < 4.78 is 5.18. The SMILES string of the molecule is C=C[C@@H]1C[C@@H]2C/C(=C\C(=O)OCC(C)C)[C@@H]2C1. The van der Waals surface area contributed by atoms with Crippen molar-refractivity contribution in [3.63, 3.8) is 0 Å². The molecule has 0 saturated heterocycles. The van der Waals surface area contributed by atoms with Gasteiger partial charge in [0.25, 0.3) is 0 Å². The Hall–Kier alpha value is -1.05. The van der Waals surface area contributed by atoms with E-state index in [2.05, 4.69) is 12.7 Å². The standard InChI is InChI=1S/C15H22O2/c1-4-11-5-12-7-13(14(12)6-11)8-15(16)17-9-10(2)3/h4,8,10-12,14H,1,5-7,9H2,2-3H3/b13-8+/t11-,12-,14-/m1/s1. The van der Waals surface area contributed by atoms with Crippen molar-refractivity contribution in [2.45, 2.75) is 33.1 Å². The number of allylic oxidation sites excluding steroid dienone is 2. The Bertz CT molecular complexity index is 341. The zero-order valence-corrected chi connectivity index (χ0v) is 10.8. The molecule has 0 aromatic rings. The first-order valence-electron chi connectivity index (χ1n) is 6.60. The molecule has 0 aromatic heterocycles. The van der Waals surface area contributed by atoms with Crippen LogP contribution in [0.3, 0.4) is 0 Å². The predicted molar refractivity (Wildman–Crippen MR) is 68.4 cm³/mol. The second kappa shape index (κ2) is 5.07. The normalized spacial score (nSPS) is 33.4. The van der Waals surface area contributed by atoms with Crippen LogP contribution in [0, 0.1) is 23.7 Å². The highest BCUT2D eigenvalue weighted by Gasteiger charge is 2.43. The molecule has 0 N–H and O–H groups in total. The van der Waals surface area contributed by atoms with Crippen LogP contribution in [0.4, 0.5) is 0 Å². The van der Waals surface area contributed by atoms with Gasteiger partial charge in [-0.1, -0.05) is 25.5 Å². The van der Waals surface area contributed by atoms with Crippen LogP contribution in [0.15, 0.2) is 24.3 Å². The topological polar surface area (TPSA) is 26.3 Å². The molecule has 0 bridgehead atoms. The van der Waals surface area contributed by atoms with E-state index in [1.165, 1.54) is 18.4 Å². The lowest BCUT2D eigenvalue weighted by Gasteiger charge is -2.33. The number of carbonyl (C=O) groups excluding carboxylic acids is 1. The highest BCUT2D eigenvalue weighted by Crippen LogP contribution is 2.53. The van der Waals surface area contributed by atoms with Crippen molar-refractivity contribution in [3.8, 4) is 0 Å². The minimum atomic E-state index is -0.158. The molecule has 0 aromatic carbocycles. The van der Waals surface area contributed by atoms with Crippen LogP contribution in [0.5, 0.6) is 0 Å². The largest absolute Gasteiger partial charge is 0.462 e. The Labute approximate surface area is 104 Å². The maximum Gasteiger partial charge on any atom is 0.330 e. The summed E-state index contributed by atoms with van der Waals surface area (Å²) in [6, 6.07) is 0. The van der Waals surface area contributed by atoms with Crippen LogP contribution < -0.4 is 0 Å². The molecule has 0 heterocycles. The molecule has 2 saturated carbocycles. The van der Waals surface area contributed by atoms with Crippen molar-refractivity contribution >= 4 is 5.97 Å². The minimum absolute atomic E-state index is 0.158. The van der Waals surface area contributed by atoms with E-state index in [0.29, 0.717) is 24.4 Å². The van der Waals surface area contributed by atoms with Gasteiger partial charge in [0.15, 0.2) is 0 Å². The van der Waals surface area contributed by atoms with Crippen LogP contribution >= 0.6 is 0 Å². The van der Waals surface area contributed by atoms with Gasteiger partial charge in [0.1, 0.15) is 0 Å². The summed E-state index contributed by atoms with van der Waals surface area (Å²) in [6.07, 6.45) is 7.32. The fourth-order valence-corrected chi connectivity index (χ4v) is 2.94. The van der Waals surface area contributed by atoms with Crippen LogP contribution in [0.1, 0.15) is 33.1 Å². The van der Waals surface area contributed by atoms with Gasteiger partial charge in [-0.15, -0.1) is 6.58 Å². The Kier molecular flexibility index (Phi) is 3.70. The molecule has 2 aliphatic rings.